The van der Waals surface area contributed by atoms with Crippen molar-refractivity contribution in [2.75, 3.05) is 4.90 Å². The van der Waals surface area contributed by atoms with Gasteiger partial charge in [-0.25, -0.2) is 14.5 Å². The number of hydrogen-bond acceptors (Lipinski definition) is 5. The van der Waals surface area contributed by atoms with Crippen molar-refractivity contribution < 1.29 is 4.79 Å². The predicted octanol–water partition coefficient (Wildman–Crippen LogP) is 3.96. The average molecular weight is 444 g/mol. The van der Waals surface area contributed by atoms with E-state index in [-0.39, 0.29) is 18.1 Å². The number of thiazole rings is 1. The molecule has 0 fully saturated rings. The highest BCUT2D eigenvalue weighted by Crippen LogP contribution is 2.32. The monoisotopic (exact) mass is 443 g/mol. The molecule has 3 heterocycles. The molecule has 0 aliphatic rings. The Morgan fingerprint density at radius 2 is 1.84 bits per heavy atom. The van der Waals surface area contributed by atoms with Gasteiger partial charge in [-0.1, -0.05) is 53.8 Å². The second-order valence-corrected chi connectivity index (χ2v) is 8.77. The number of carbonyl (C=O) groups excluding carboxylic acids is 1. The van der Waals surface area contributed by atoms with E-state index in [2.05, 4.69) is 24.2 Å². The van der Waals surface area contributed by atoms with Gasteiger partial charge in [-0.2, -0.15) is 0 Å². The highest BCUT2D eigenvalue weighted by atomic mass is 32.1. The summed E-state index contributed by atoms with van der Waals surface area (Å²) in [6.45, 7) is 4.27. The Labute approximate surface area is 188 Å². The van der Waals surface area contributed by atoms with Gasteiger partial charge in [0.1, 0.15) is 6.54 Å². The van der Waals surface area contributed by atoms with Crippen molar-refractivity contribution >= 4 is 38.2 Å². The maximum absolute atomic E-state index is 13.5. The molecule has 0 N–H and O–H groups in total. The van der Waals surface area contributed by atoms with Crippen LogP contribution in [0.2, 0.25) is 0 Å². The number of amides is 1. The summed E-state index contributed by atoms with van der Waals surface area (Å²) in [7, 11) is 0. The third kappa shape index (κ3) is 3.69. The molecule has 0 bridgehead atoms. The number of benzene rings is 2. The number of pyridine rings is 1. The molecule has 0 saturated carbocycles. The Morgan fingerprint density at radius 3 is 2.62 bits per heavy atom. The van der Waals surface area contributed by atoms with Crippen molar-refractivity contribution in [1.82, 2.24) is 19.2 Å². The number of aromatic nitrogens is 4. The number of aryl methyl sites for hydroxylation is 2. The smallest absolute Gasteiger partial charge is 0.282 e. The van der Waals surface area contributed by atoms with Gasteiger partial charge in [-0.3, -0.25) is 14.1 Å². The minimum absolute atomic E-state index is 0.165. The molecule has 5 rings (SSSR count). The highest BCUT2D eigenvalue weighted by Gasteiger charge is 2.23. The van der Waals surface area contributed by atoms with E-state index in [0.29, 0.717) is 17.3 Å². The lowest BCUT2D eigenvalue weighted by Crippen LogP contribution is -2.36. The van der Waals surface area contributed by atoms with Crippen LogP contribution in [0.1, 0.15) is 16.7 Å². The van der Waals surface area contributed by atoms with E-state index in [0.717, 1.165) is 26.9 Å². The molecule has 0 atom stereocenters. The number of carbonyl (C=O) groups is 1. The Morgan fingerprint density at radius 1 is 1.06 bits per heavy atom. The molecule has 5 aromatic rings. The van der Waals surface area contributed by atoms with Gasteiger partial charge >= 0.3 is 5.69 Å². The molecule has 3 aromatic heterocycles. The standard InChI is InChI=1S/C24H21N5O2S/c1-16-12-17(2)22-19(13-16)32-23(25-22)28(14-18-8-4-3-5-9-18)21(30)15-29-24(31)27-11-7-6-10-20(27)26-29/h3-13H,14-15H2,1-2H3. The van der Waals surface area contributed by atoms with Crippen molar-refractivity contribution in [3.8, 4) is 0 Å². The lowest BCUT2D eigenvalue weighted by atomic mass is 10.1. The third-order valence-corrected chi connectivity index (χ3v) is 6.33. The maximum Gasteiger partial charge on any atom is 0.350 e. The third-order valence-electron chi connectivity index (χ3n) is 5.31. The summed E-state index contributed by atoms with van der Waals surface area (Å²) in [6, 6.07) is 19.2. The fourth-order valence-corrected chi connectivity index (χ4v) is 4.95. The van der Waals surface area contributed by atoms with Crippen LogP contribution >= 0.6 is 11.3 Å². The van der Waals surface area contributed by atoms with E-state index in [4.69, 9.17) is 4.98 Å². The van der Waals surface area contributed by atoms with Crippen molar-refractivity contribution in [2.24, 2.45) is 0 Å². The first kappa shape index (κ1) is 20.1. The van der Waals surface area contributed by atoms with E-state index in [1.165, 1.54) is 20.4 Å². The second kappa shape index (κ2) is 8.05. The van der Waals surface area contributed by atoms with Crippen LogP contribution in [-0.2, 0) is 17.9 Å². The molecule has 0 aliphatic heterocycles. The van der Waals surface area contributed by atoms with Crippen molar-refractivity contribution in [3.05, 3.63) is 94.0 Å². The lowest BCUT2D eigenvalue weighted by molar-refractivity contribution is -0.119. The topological polar surface area (TPSA) is 72.5 Å². The van der Waals surface area contributed by atoms with Crippen molar-refractivity contribution in [1.29, 1.82) is 0 Å². The normalized spacial score (nSPS) is 11.3. The summed E-state index contributed by atoms with van der Waals surface area (Å²) < 4.78 is 3.67. The van der Waals surface area contributed by atoms with Crippen LogP contribution in [-0.4, -0.2) is 25.1 Å². The predicted molar refractivity (Wildman–Crippen MR) is 126 cm³/mol. The van der Waals surface area contributed by atoms with Crippen LogP contribution in [0.5, 0.6) is 0 Å². The van der Waals surface area contributed by atoms with Gasteiger partial charge in [0, 0.05) is 6.20 Å². The number of fused-ring (bicyclic) bond motifs is 2. The van der Waals surface area contributed by atoms with Gasteiger partial charge in [0.2, 0.25) is 0 Å². The second-order valence-electron chi connectivity index (χ2n) is 7.76. The molecule has 8 heteroatoms. The van der Waals surface area contributed by atoms with Crippen molar-refractivity contribution in [3.63, 3.8) is 0 Å². The van der Waals surface area contributed by atoms with Gasteiger partial charge in [0.05, 0.1) is 16.8 Å². The highest BCUT2D eigenvalue weighted by molar-refractivity contribution is 7.22. The molecule has 2 aromatic carbocycles. The number of rotatable bonds is 5. The number of nitrogens with zero attached hydrogens (tertiary/aromatic N) is 5. The lowest BCUT2D eigenvalue weighted by Gasteiger charge is -2.19. The number of hydrogen-bond donors (Lipinski definition) is 0. The quantitative estimate of drug-likeness (QED) is 0.412. The molecule has 160 valence electrons. The first-order valence-corrected chi connectivity index (χ1v) is 11.1. The van der Waals surface area contributed by atoms with Gasteiger partial charge in [0.25, 0.3) is 5.91 Å². The summed E-state index contributed by atoms with van der Waals surface area (Å²) in [6.07, 6.45) is 1.64. The molecule has 0 unspecified atom stereocenters. The van der Waals surface area contributed by atoms with Gasteiger partial charge in [-0.15, -0.1) is 5.10 Å². The zero-order valence-corrected chi connectivity index (χ0v) is 18.5. The first-order chi connectivity index (χ1) is 15.5. The van der Waals surface area contributed by atoms with Crippen LogP contribution in [0.3, 0.4) is 0 Å². The van der Waals surface area contributed by atoms with Crippen LogP contribution < -0.4 is 10.6 Å². The molecular weight excluding hydrogens is 422 g/mol. The van der Waals surface area contributed by atoms with E-state index in [1.54, 1.807) is 29.3 Å². The molecule has 32 heavy (non-hydrogen) atoms. The summed E-state index contributed by atoms with van der Waals surface area (Å²) in [5.41, 5.74) is 4.27. The molecule has 0 aliphatic carbocycles. The molecule has 0 saturated heterocycles. The van der Waals surface area contributed by atoms with E-state index in [1.807, 2.05) is 37.3 Å². The van der Waals surface area contributed by atoms with E-state index in [9.17, 15) is 9.59 Å². The largest absolute Gasteiger partial charge is 0.350 e. The zero-order chi connectivity index (χ0) is 22.2. The van der Waals surface area contributed by atoms with Crippen LogP contribution in [0.4, 0.5) is 5.13 Å². The Hall–Kier alpha value is -3.78. The van der Waals surface area contributed by atoms with E-state index >= 15 is 0 Å². The fourth-order valence-electron chi connectivity index (χ4n) is 3.79. The average Bonchev–Trinajstić information content (AvgIpc) is 3.34. The number of anilines is 1. The van der Waals surface area contributed by atoms with Gasteiger partial charge in [-0.05, 0) is 48.7 Å². The SMILES string of the molecule is Cc1cc(C)c2nc(N(Cc3ccccc3)C(=O)Cn3nc4ccccn4c3=O)sc2c1. The first-order valence-electron chi connectivity index (χ1n) is 10.3. The van der Waals surface area contributed by atoms with Crippen LogP contribution in [0.15, 0.2) is 71.7 Å². The Balaban J connectivity index is 1.55. The summed E-state index contributed by atoms with van der Waals surface area (Å²) in [4.78, 5) is 32.6. The van der Waals surface area contributed by atoms with Crippen LogP contribution in [0.25, 0.3) is 15.9 Å². The van der Waals surface area contributed by atoms with E-state index < -0.39 is 0 Å². The Kier molecular flexibility index (Phi) is 5.07. The molecule has 1 amide bonds. The fraction of sp³-hybridized carbons (Fsp3) is 0.167. The van der Waals surface area contributed by atoms with Gasteiger partial charge < -0.3 is 0 Å². The van der Waals surface area contributed by atoms with Crippen LogP contribution in [0, 0.1) is 13.8 Å². The minimum Gasteiger partial charge on any atom is -0.282 e. The van der Waals surface area contributed by atoms with Crippen molar-refractivity contribution in [2.45, 2.75) is 26.9 Å². The summed E-state index contributed by atoms with van der Waals surface area (Å²) in [5.74, 6) is -0.243. The summed E-state index contributed by atoms with van der Waals surface area (Å²) >= 11 is 1.48. The molecule has 0 spiro atoms. The Bertz CT molecular complexity index is 1500. The molecule has 7 nitrogen and oxygen atoms in total. The molecule has 0 radical (unpaired) electrons. The summed E-state index contributed by atoms with van der Waals surface area (Å²) in [5, 5.41) is 4.92. The molecular formula is C24H21N5O2S. The zero-order valence-electron chi connectivity index (χ0n) is 17.7. The maximum atomic E-state index is 13.5. The minimum atomic E-state index is -0.343. The van der Waals surface area contributed by atoms with Gasteiger partial charge in [0.15, 0.2) is 10.8 Å².